The van der Waals surface area contributed by atoms with E-state index in [-0.39, 0.29) is 12.0 Å². The first kappa shape index (κ1) is 18.8. The van der Waals surface area contributed by atoms with Crippen molar-refractivity contribution in [2.45, 2.75) is 43.9 Å². The van der Waals surface area contributed by atoms with Gasteiger partial charge in [-0.05, 0) is 56.8 Å². The summed E-state index contributed by atoms with van der Waals surface area (Å²) in [5, 5.41) is 13.1. The Morgan fingerprint density at radius 3 is 2.90 bits per heavy atom. The summed E-state index contributed by atoms with van der Waals surface area (Å²) in [6.07, 6.45) is 6.23. The van der Waals surface area contributed by atoms with Gasteiger partial charge in [0.15, 0.2) is 0 Å². The SMILES string of the molecule is CC1CCc2ncnc(N3CC4(CCNCC4)c4c(N(C)CCO)cccc43)c21. The highest BCUT2D eigenvalue weighted by molar-refractivity contribution is 5.80. The first-order valence-corrected chi connectivity index (χ1v) is 10.9. The number of benzene rings is 1. The average Bonchev–Trinajstić information content (AvgIpc) is 3.28. The first-order chi connectivity index (χ1) is 14.1. The van der Waals surface area contributed by atoms with E-state index in [1.54, 1.807) is 6.33 Å². The third-order valence-electron chi connectivity index (χ3n) is 7.22. The zero-order valence-electron chi connectivity index (χ0n) is 17.5. The van der Waals surface area contributed by atoms with Crippen molar-refractivity contribution in [3.05, 3.63) is 41.3 Å². The molecule has 5 rings (SSSR count). The molecule has 0 radical (unpaired) electrons. The van der Waals surface area contributed by atoms with Crippen LogP contribution < -0.4 is 15.1 Å². The number of nitrogens with one attached hydrogen (secondary N) is 1. The number of aromatic nitrogens is 2. The number of aliphatic hydroxyl groups excluding tert-OH is 1. The summed E-state index contributed by atoms with van der Waals surface area (Å²) in [5.74, 6) is 1.62. The zero-order chi connectivity index (χ0) is 20.0. The van der Waals surface area contributed by atoms with Crippen LogP contribution in [-0.2, 0) is 11.8 Å². The molecule has 6 heteroatoms. The number of rotatable bonds is 4. The average molecular weight is 394 g/mol. The molecule has 1 unspecified atom stereocenters. The maximum atomic E-state index is 9.53. The van der Waals surface area contributed by atoms with Gasteiger partial charge in [0, 0.05) is 53.7 Å². The molecule has 154 valence electrons. The molecule has 6 nitrogen and oxygen atoms in total. The van der Waals surface area contributed by atoms with E-state index in [0.29, 0.717) is 12.5 Å². The molecule has 1 aromatic carbocycles. The van der Waals surface area contributed by atoms with Crippen molar-refractivity contribution in [3.63, 3.8) is 0 Å². The van der Waals surface area contributed by atoms with Crippen LogP contribution in [-0.4, -0.2) is 54.9 Å². The maximum Gasteiger partial charge on any atom is 0.140 e. The molecule has 2 aromatic rings. The molecule has 3 aliphatic rings. The summed E-state index contributed by atoms with van der Waals surface area (Å²) >= 11 is 0. The Kier molecular flexibility index (Phi) is 4.71. The van der Waals surface area contributed by atoms with Gasteiger partial charge in [-0.25, -0.2) is 9.97 Å². The van der Waals surface area contributed by atoms with Crippen LogP contribution in [0.15, 0.2) is 24.5 Å². The Balaban J connectivity index is 1.67. The van der Waals surface area contributed by atoms with Gasteiger partial charge in [-0.1, -0.05) is 13.0 Å². The van der Waals surface area contributed by atoms with Gasteiger partial charge in [-0.15, -0.1) is 0 Å². The number of likely N-dealkylation sites (N-methyl/N-ethyl adjacent to an activating group) is 1. The predicted octanol–water partition coefficient (Wildman–Crippen LogP) is 2.73. The molecule has 0 amide bonds. The quantitative estimate of drug-likeness (QED) is 0.833. The van der Waals surface area contributed by atoms with Crippen molar-refractivity contribution >= 4 is 17.2 Å². The molecule has 1 aliphatic carbocycles. The zero-order valence-corrected chi connectivity index (χ0v) is 17.5. The fourth-order valence-corrected chi connectivity index (χ4v) is 5.69. The second-order valence-corrected chi connectivity index (χ2v) is 8.93. The van der Waals surface area contributed by atoms with Crippen LogP contribution in [0, 0.1) is 0 Å². The summed E-state index contributed by atoms with van der Waals surface area (Å²) < 4.78 is 0. The van der Waals surface area contributed by atoms with Gasteiger partial charge in [0.25, 0.3) is 0 Å². The van der Waals surface area contributed by atoms with Gasteiger partial charge in [0.2, 0.25) is 0 Å². The van der Waals surface area contributed by atoms with Crippen molar-refractivity contribution in [1.82, 2.24) is 15.3 Å². The fraction of sp³-hybridized carbons (Fsp3) is 0.565. The third-order valence-corrected chi connectivity index (χ3v) is 7.22. The van der Waals surface area contributed by atoms with Crippen LogP contribution in [0.2, 0.25) is 0 Å². The number of hydrogen-bond acceptors (Lipinski definition) is 6. The molecular weight excluding hydrogens is 362 g/mol. The molecule has 0 bridgehead atoms. The van der Waals surface area contributed by atoms with E-state index in [0.717, 1.165) is 51.1 Å². The molecule has 0 saturated carbocycles. The normalized spacial score (nSPS) is 22.0. The molecule has 3 heterocycles. The van der Waals surface area contributed by atoms with Gasteiger partial charge in [-0.2, -0.15) is 0 Å². The standard InChI is InChI=1S/C23H31N5O/c1-16-6-7-17-20(16)22(26-15-25-17)28-14-23(8-10-24-11-9-23)21-18(27(2)12-13-29)4-3-5-19(21)28/h3-5,15-16,24,29H,6-14H2,1-2H3. The lowest BCUT2D eigenvalue weighted by Gasteiger charge is -2.37. The van der Waals surface area contributed by atoms with E-state index in [1.165, 1.54) is 28.2 Å². The van der Waals surface area contributed by atoms with Crippen molar-refractivity contribution < 1.29 is 5.11 Å². The van der Waals surface area contributed by atoms with E-state index >= 15 is 0 Å². The summed E-state index contributed by atoms with van der Waals surface area (Å²) in [6, 6.07) is 6.63. The fourth-order valence-electron chi connectivity index (χ4n) is 5.69. The van der Waals surface area contributed by atoms with E-state index in [1.807, 2.05) is 0 Å². The van der Waals surface area contributed by atoms with Crippen molar-refractivity contribution in [2.75, 3.05) is 49.6 Å². The summed E-state index contributed by atoms with van der Waals surface area (Å²) in [5.41, 5.74) is 6.67. The lowest BCUT2D eigenvalue weighted by Crippen LogP contribution is -2.43. The van der Waals surface area contributed by atoms with Gasteiger partial charge < -0.3 is 20.2 Å². The molecule has 1 fully saturated rings. The van der Waals surface area contributed by atoms with E-state index in [4.69, 9.17) is 4.98 Å². The highest BCUT2D eigenvalue weighted by Crippen LogP contribution is 2.53. The number of piperidine rings is 1. The third kappa shape index (κ3) is 2.92. The number of anilines is 3. The number of nitrogens with zero attached hydrogens (tertiary/aromatic N) is 4. The minimum atomic E-state index is 0.126. The van der Waals surface area contributed by atoms with Crippen molar-refractivity contribution in [1.29, 1.82) is 0 Å². The topological polar surface area (TPSA) is 64.5 Å². The highest BCUT2D eigenvalue weighted by Gasteiger charge is 2.47. The molecule has 2 aliphatic heterocycles. The molecule has 1 saturated heterocycles. The minimum absolute atomic E-state index is 0.126. The smallest absolute Gasteiger partial charge is 0.140 e. The lowest BCUT2D eigenvalue weighted by molar-refractivity contribution is 0.303. The van der Waals surface area contributed by atoms with Gasteiger partial charge in [0.1, 0.15) is 12.1 Å². The number of hydrogen-bond donors (Lipinski definition) is 2. The maximum absolute atomic E-state index is 9.53. The Morgan fingerprint density at radius 1 is 1.28 bits per heavy atom. The molecule has 2 N–H and O–H groups in total. The van der Waals surface area contributed by atoms with Crippen LogP contribution in [0.3, 0.4) is 0 Å². The van der Waals surface area contributed by atoms with Crippen molar-refractivity contribution in [3.8, 4) is 0 Å². The van der Waals surface area contributed by atoms with Crippen LogP contribution in [0.25, 0.3) is 0 Å². The Hall–Kier alpha value is -2.18. The Morgan fingerprint density at radius 2 is 2.10 bits per heavy atom. The molecule has 1 atom stereocenters. The van der Waals surface area contributed by atoms with E-state index < -0.39 is 0 Å². The second kappa shape index (κ2) is 7.26. The minimum Gasteiger partial charge on any atom is -0.395 e. The molecular formula is C23H31N5O. The summed E-state index contributed by atoms with van der Waals surface area (Å²) in [4.78, 5) is 14.1. The monoisotopic (exact) mass is 393 g/mol. The number of aryl methyl sites for hydroxylation is 1. The highest BCUT2D eigenvalue weighted by atomic mass is 16.3. The lowest BCUT2D eigenvalue weighted by atomic mass is 9.74. The summed E-state index contributed by atoms with van der Waals surface area (Å²) in [7, 11) is 2.09. The largest absolute Gasteiger partial charge is 0.395 e. The Bertz CT molecular complexity index is 908. The molecule has 1 aromatic heterocycles. The first-order valence-electron chi connectivity index (χ1n) is 10.9. The van der Waals surface area contributed by atoms with E-state index in [9.17, 15) is 5.11 Å². The van der Waals surface area contributed by atoms with Crippen LogP contribution in [0.5, 0.6) is 0 Å². The van der Waals surface area contributed by atoms with Gasteiger partial charge in [0.05, 0.1) is 6.61 Å². The van der Waals surface area contributed by atoms with Gasteiger partial charge in [-0.3, -0.25) is 0 Å². The van der Waals surface area contributed by atoms with Crippen molar-refractivity contribution in [2.24, 2.45) is 0 Å². The molecule has 29 heavy (non-hydrogen) atoms. The van der Waals surface area contributed by atoms with Crippen LogP contribution in [0.4, 0.5) is 17.2 Å². The van der Waals surface area contributed by atoms with E-state index in [2.05, 4.69) is 52.3 Å². The predicted molar refractivity (Wildman–Crippen MR) is 116 cm³/mol. The second-order valence-electron chi connectivity index (χ2n) is 8.93. The van der Waals surface area contributed by atoms with Crippen LogP contribution >= 0.6 is 0 Å². The van der Waals surface area contributed by atoms with Gasteiger partial charge >= 0.3 is 0 Å². The number of fused-ring (bicyclic) bond motifs is 3. The molecule has 1 spiro atoms. The number of aliphatic hydroxyl groups is 1. The summed E-state index contributed by atoms with van der Waals surface area (Å²) in [6.45, 7) is 6.18. The van der Waals surface area contributed by atoms with Crippen LogP contribution in [0.1, 0.15) is 48.9 Å². The Labute approximate surface area is 173 Å².